The summed E-state index contributed by atoms with van der Waals surface area (Å²) in [6, 6.07) is -0.281. The average molecular weight is 257 g/mol. The summed E-state index contributed by atoms with van der Waals surface area (Å²) in [7, 11) is 0. The highest BCUT2D eigenvalue weighted by molar-refractivity contribution is 5.87. The van der Waals surface area contributed by atoms with Gasteiger partial charge in [-0.25, -0.2) is 9.59 Å². The number of nitrogens with one attached hydrogen (secondary N) is 1. The number of amides is 2. The second kappa shape index (κ2) is 6.58. The topological polar surface area (TPSA) is 95.7 Å². The van der Waals surface area contributed by atoms with Crippen LogP contribution < -0.4 is 11.1 Å². The Kier molecular flexibility index (Phi) is 5.40. The van der Waals surface area contributed by atoms with Crippen molar-refractivity contribution in [1.29, 1.82) is 0 Å². The second-order valence-corrected chi connectivity index (χ2v) is 4.72. The van der Waals surface area contributed by atoms with E-state index in [-0.39, 0.29) is 6.03 Å². The van der Waals surface area contributed by atoms with Crippen LogP contribution in [-0.2, 0) is 4.79 Å². The van der Waals surface area contributed by atoms with Gasteiger partial charge in [-0.15, -0.1) is 0 Å². The summed E-state index contributed by atoms with van der Waals surface area (Å²) >= 11 is 0. The quantitative estimate of drug-likeness (QED) is 0.612. The van der Waals surface area contributed by atoms with Crippen molar-refractivity contribution in [3.63, 3.8) is 0 Å². The molecule has 1 atom stereocenters. The number of hydrogen-bond acceptors (Lipinski definition) is 3. The molecule has 104 valence electrons. The number of carbonyl (C=O) groups is 2. The van der Waals surface area contributed by atoms with E-state index < -0.39 is 11.5 Å². The van der Waals surface area contributed by atoms with Crippen molar-refractivity contribution >= 4 is 12.0 Å². The van der Waals surface area contributed by atoms with Crippen molar-refractivity contribution in [2.45, 2.75) is 44.6 Å². The average Bonchev–Trinajstić information content (AvgIpc) is 2.75. The first-order chi connectivity index (χ1) is 8.58. The van der Waals surface area contributed by atoms with Crippen LogP contribution in [0.2, 0.25) is 0 Å². The highest BCUT2D eigenvalue weighted by atomic mass is 16.4. The van der Waals surface area contributed by atoms with Crippen LogP contribution in [0.25, 0.3) is 0 Å². The molecule has 4 N–H and O–H groups in total. The standard InChI is InChI=1S/C12H23N3O3/c1-2-5-12(10(16)17)6-3-9-15(12)11(18)14-8-4-7-13/h2-9,13H2,1H3,(H,14,18)(H,16,17). The Bertz CT molecular complexity index is 309. The Balaban J connectivity index is 2.72. The van der Waals surface area contributed by atoms with E-state index in [1.165, 1.54) is 4.90 Å². The van der Waals surface area contributed by atoms with Gasteiger partial charge in [0.1, 0.15) is 5.54 Å². The van der Waals surface area contributed by atoms with Crippen molar-refractivity contribution in [3.05, 3.63) is 0 Å². The van der Waals surface area contributed by atoms with Gasteiger partial charge in [0.15, 0.2) is 0 Å². The normalized spacial score (nSPS) is 23.1. The maximum Gasteiger partial charge on any atom is 0.329 e. The van der Waals surface area contributed by atoms with Gasteiger partial charge >= 0.3 is 12.0 Å². The summed E-state index contributed by atoms with van der Waals surface area (Å²) in [4.78, 5) is 25.0. The molecule has 1 rings (SSSR count). The SMILES string of the molecule is CCCC1(C(=O)O)CCCN1C(=O)NCCCN. The molecule has 1 aliphatic heterocycles. The maximum atomic E-state index is 12.0. The molecule has 0 saturated carbocycles. The number of urea groups is 1. The second-order valence-electron chi connectivity index (χ2n) is 4.72. The van der Waals surface area contributed by atoms with Crippen molar-refractivity contribution in [3.8, 4) is 0 Å². The number of carbonyl (C=O) groups excluding carboxylic acids is 1. The molecule has 1 heterocycles. The molecule has 18 heavy (non-hydrogen) atoms. The smallest absolute Gasteiger partial charge is 0.329 e. The van der Waals surface area contributed by atoms with Gasteiger partial charge in [0, 0.05) is 13.1 Å². The van der Waals surface area contributed by atoms with Gasteiger partial charge < -0.3 is 21.1 Å². The van der Waals surface area contributed by atoms with Gasteiger partial charge in [-0.3, -0.25) is 0 Å². The molecule has 0 radical (unpaired) electrons. The lowest BCUT2D eigenvalue weighted by Gasteiger charge is -2.34. The number of carboxylic acid groups (broad SMARTS) is 1. The van der Waals surface area contributed by atoms with E-state index in [0.29, 0.717) is 38.9 Å². The molecular weight excluding hydrogens is 234 g/mol. The van der Waals surface area contributed by atoms with Crippen molar-refractivity contribution in [1.82, 2.24) is 10.2 Å². The van der Waals surface area contributed by atoms with Gasteiger partial charge in [0.2, 0.25) is 0 Å². The minimum Gasteiger partial charge on any atom is -0.479 e. The number of aliphatic carboxylic acids is 1. The predicted octanol–water partition coefficient (Wildman–Crippen LogP) is 0.764. The first-order valence-electron chi connectivity index (χ1n) is 6.57. The molecule has 1 fully saturated rings. The maximum absolute atomic E-state index is 12.0. The lowest BCUT2D eigenvalue weighted by atomic mass is 9.91. The zero-order valence-electron chi connectivity index (χ0n) is 10.9. The highest BCUT2D eigenvalue weighted by Crippen LogP contribution is 2.33. The molecule has 2 amide bonds. The molecule has 0 aromatic rings. The Labute approximate surface area is 108 Å². The van der Waals surface area contributed by atoms with Gasteiger partial charge in [0.05, 0.1) is 0 Å². The first kappa shape index (κ1) is 14.8. The van der Waals surface area contributed by atoms with E-state index in [1.54, 1.807) is 0 Å². The fraction of sp³-hybridized carbons (Fsp3) is 0.833. The summed E-state index contributed by atoms with van der Waals surface area (Å²) in [5, 5.41) is 12.2. The molecule has 6 heteroatoms. The number of hydrogen-bond donors (Lipinski definition) is 3. The van der Waals surface area contributed by atoms with Crippen LogP contribution >= 0.6 is 0 Å². The molecule has 0 aromatic heterocycles. The molecule has 1 saturated heterocycles. The summed E-state index contributed by atoms with van der Waals surface area (Å²) in [6.07, 6.45) is 3.25. The summed E-state index contributed by atoms with van der Waals surface area (Å²) in [5.41, 5.74) is 4.35. The Morgan fingerprint density at radius 3 is 2.78 bits per heavy atom. The van der Waals surface area contributed by atoms with E-state index in [9.17, 15) is 14.7 Å². The lowest BCUT2D eigenvalue weighted by molar-refractivity contribution is -0.148. The van der Waals surface area contributed by atoms with Crippen LogP contribution in [0.1, 0.15) is 39.0 Å². The molecule has 0 aliphatic carbocycles. The van der Waals surface area contributed by atoms with E-state index in [4.69, 9.17) is 5.73 Å². The highest BCUT2D eigenvalue weighted by Gasteiger charge is 2.49. The van der Waals surface area contributed by atoms with E-state index in [0.717, 1.165) is 12.8 Å². The van der Waals surface area contributed by atoms with Crippen LogP contribution in [0, 0.1) is 0 Å². The van der Waals surface area contributed by atoms with E-state index in [1.807, 2.05) is 6.92 Å². The van der Waals surface area contributed by atoms with Gasteiger partial charge in [0.25, 0.3) is 0 Å². The number of carboxylic acids is 1. The zero-order chi connectivity index (χ0) is 13.6. The van der Waals surface area contributed by atoms with Crippen molar-refractivity contribution in [2.75, 3.05) is 19.6 Å². The third-order valence-corrected chi connectivity index (χ3v) is 3.45. The fourth-order valence-corrected chi connectivity index (χ4v) is 2.57. The third kappa shape index (κ3) is 2.93. The molecule has 1 aliphatic rings. The fourth-order valence-electron chi connectivity index (χ4n) is 2.57. The van der Waals surface area contributed by atoms with Crippen molar-refractivity contribution < 1.29 is 14.7 Å². The number of likely N-dealkylation sites (tertiary alicyclic amines) is 1. The first-order valence-corrected chi connectivity index (χ1v) is 6.57. The minimum absolute atomic E-state index is 0.281. The lowest BCUT2D eigenvalue weighted by Crippen LogP contribution is -2.56. The molecule has 0 spiro atoms. The number of nitrogens with two attached hydrogens (primary N) is 1. The van der Waals surface area contributed by atoms with Gasteiger partial charge in [-0.05, 0) is 32.2 Å². The van der Waals surface area contributed by atoms with Crippen LogP contribution in [-0.4, -0.2) is 47.2 Å². The van der Waals surface area contributed by atoms with E-state index >= 15 is 0 Å². The minimum atomic E-state index is -1.01. The molecule has 6 nitrogen and oxygen atoms in total. The summed E-state index contributed by atoms with van der Waals surface area (Å²) < 4.78 is 0. The molecular formula is C12H23N3O3. The zero-order valence-corrected chi connectivity index (χ0v) is 10.9. The third-order valence-electron chi connectivity index (χ3n) is 3.45. The Morgan fingerprint density at radius 2 is 2.22 bits per heavy atom. The largest absolute Gasteiger partial charge is 0.479 e. The van der Waals surface area contributed by atoms with Gasteiger partial charge in [-0.1, -0.05) is 13.3 Å². The number of rotatable bonds is 6. The Morgan fingerprint density at radius 1 is 1.50 bits per heavy atom. The number of nitrogens with zero attached hydrogens (tertiary/aromatic N) is 1. The van der Waals surface area contributed by atoms with E-state index in [2.05, 4.69) is 5.32 Å². The van der Waals surface area contributed by atoms with Crippen LogP contribution in [0.5, 0.6) is 0 Å². The van der Waals surface area contributed by atoms with Crippen LogP contribution in [0.4, 0.5) is 4.79 Å². The van der Waals surface area contributed by atoms with Crippen LogP contribution in [0.3, 0.4) is 0 Å². The monoisotopic (exact) mass is 257 g/mol. The summed E-state index contributed by atoms with van der Waals surface area (Å²) in [6.45, 7) is 3.46. The van der Waals surface area contributed by atoms with Crippen molar-refractivity contribution in [2.24, 2.45) is 5.73 Å². The molecule has 0 aromatic carbocycles. The van der Waals surface area contributed by atoms with Crippen LogP contribution in [0.15, 0.2) is 0 Å². The summed E-state index contributed by atoms with van der Waals surface area (Å²) in [5.74, 6) is -0.893. The van der Waals surface area contributed by atoms with Gasteiger partial charge in [-0.2, -0.15) is 0 Å². The predicted molar refractivity (Wildman–Crippen MR) is 68.3 cm³/mol. The Hall–Kier alpha value is -1.30. The molecule has 0 bridgehead atoms. The molecule has 1 unspecified atom stereocenters.